The van der Waals surface area contributed by atoms with Gasteiger partial charge in [0.2, 0.25) is 0 Å². The van der Waals surface area contributed by atoms with Gasteiger partial charge in [-0.3, -0.25) is 9.59 Å². The highest BCUT2D eigenvalue weighted by Crippen LogP contribution is 2.38. The van der Waals surface area contributed by atoms with Gasteiger partial charge >= 0.3 is 0 Å². The zero-order chi connectivity index (χ0) is 41.5. The van der Waals surface area contributed by atoms with Gasteiger partial charge in [0.15, 0.2) is 23.1 Å². The van der Waals surface area contributed by atoms with Crippen LogP contribution in [0, 0.1) is 23.3 Å². The molecule has 0 fully saturated rings. The summed E-state index contributed by atoms with van der Waals surface area (Å²) in [5.41, 5.74) is 14.0. The number of carbonyl (C=O) groups excluding carboxylic acids is 2. The molecule has 7 aromatic rings. The fourth-order valence-electron chi connectivity index (χ4n) is 5.22. The molecule has 4 aromatic carbocycles. The minimum atomic E-state index is -1.21. The third-order valence-corrected chi connectivity index (χ3v) is 11.3. The van der Waals surface area contributed by atoms with Gasteiger partial charge in [0.25, 0.3) is 11.8 Å². The van der Waals surface area contributed by atoms with Crippen LogP contribution in [0.15, 0.2) is 87.5 Å². The number of thiazole rings is 3. The molecule has 7 rings (SSSR count). The van der Waals surface area contributed by atoms with Gasteiger partial charge in [-0.05, 0) is 88.7 Å². The summed E-state index contributed by atoms with van der Waals surface area (Å²) >= 11 is 7.58. The van der Waals surface area contributed by atoms with Crippen molar-refractivity contribution in [2.45, 2.75) is 13.2 Å². The second kappa shape index (κ2) is 18.6. The van der Waals surface area contributed by atoms with E-state index in [2.05, 4.69) is 30.9 Å². The quantitative estimate of drug-likeness (QED) is 0.107. The number of aromatic nitrogens is 3. The van der Waals surface area contributed by atoms with E-state index in [1.54, 1.807) is 19.7 Å². The Kier molecular flexibility index (Phi) is 13.4. The molecule has 0 aliphatic heterocycles. The van der Waals surface area contributed by atoms with Crippen molar-refractivity contribution < 1.29 is 46.1 Å². The van der Waals surface area contributed by atoms with Crippen LogP contribution in [-0.4, -0.2) is 41.0 Å². The first-order valence-corrected chi connectivity index (χ1v) is 19.9. The third-order valence-electron chi connectivity index (χ3n) is 8.00. The van der Waals surface area contributed by atoms with Crippen LogP contribution < -0.4 is 30.4 Å². The molecule has 4 N–H and O–H groups in total. The van der Waals surface area contributed by atoms with Gasteiger partial charge in [-0.15, -0.1) is 34.0 Å². The second-order valence-electron chi connectivity index (χ2n) is 11.6. The number of methoxy groups -OCH3 is 2. The Morgan fingerprint density at radius 3 is 1.59 bits per heavy atom. The van der Waals surface area contributed by atoms with Gasteiger partial charge in [-0.1, -0.05) is 0 Å². The number of hydrogen-bond acceptors (Lipinski definition) is 12. The first-order valence-electron chi connectivity index (χ1n) is 16.5. The number of ether oxygens (including phenoxy) is 4. The molecule has 2 amide bonds. The standard InChI is InChI=1S/C21H15F2N3O3S2.C18H13BrF2N2O3S/c1-28-12-4-2-11(3-5-12)19-20(14-9-30-10-25-14)31-16(26-19)8-29-15-7-6-13(22)17(18(15)23)21(24)27;1-25-10-4-2-9(3-5-10)16-17(19)27-13(23-16)8-26-12-7-6-11(20)14(15(12)21)18(22)24/h2-7,9-10H,8H2,1H3,(H2,24,27);2-7H,8H2,1H3,(H2,22,24). The van der Waals surface area contributed by atoms with Gasteiger partial charge < -0.3 is 30.4 Å². The summed E-state index contributed by atoms with van der Waals surface area (Å²) < 4.78 is 77.8. The van der Waals surface area contributed by atoms with Crippen LogP contribution >= 0.6 is 49.9 Å². The largest absolute Gasteiger partial charge is 0.497 e. The molecule has 11 nitrogen and oxygen atoms in total. The Labute approximate surface area is 348 Å². The average Bonchev–Trinajstić information content (AvgIpc) is 3.98. The van der Waals surface area contributed by atoms with Crippen LogP contribution in [-0.2, 0) is 13.2 Å². The molecule has 298 valence electrons. The number of nitrogens with zero attached hydrogens (tertiary/aromatic N) is 3. The fraction of sp³-hybridized carbons (Fsp3) is 0.103. The van der Waals surface area contributed by atoms with E-state index in [-0.39, 0.29) is 24.7 Å². The van der Waals surface area contributed by atoms with Gasteiger partial charge in [0.05, 0.1) is 45.5 Å². The van der Waals surface area contributed by atoms with Crippen LogP contribution in [0.3, 0.4) is 0 Å². The Morgan fingerprint density at radius 1 is 0.672 bits per heavy atom. The third kappa shape index (κ3) is 9.45. The minimum Gasteiger partial charge on any atom is -0.497 e. The van der Waals surface area contributed by atoms with E-state index < -0.39 is 46.2 Å². The van der Waals surface area contributed by atoms with Crippen LogP contribution in [0.2, 0.25) is 0 Å². The number of benzene rings is 4. The van der Waals surface area contributed by atoms with Crippen LogP contribution in [0.1, 0.15) is 30.7 Å². The molecule has 0 spiro atoms. The molecule has 0 aliphatic rings. The van der Waals surface area contributed by atoms with Gasteiger partial charge in [-0.2, -0.15) is 0 Å². The lowest BCUT2D eigenvalue weighted by Gasteiger charge is -2.08. The number of carbonyl (C=O) groups is 2. The van der Waals surface area contributed by atoms with E-state index in [1.165, 1.54) is 34.0 Å². The van der Waals surface area contributed by atoms with E-state index in [0.29, 0.717) is 21.4 Å². The summed E-state index contributed by atoms with van der Waals surface area (Å²) in [6, 6.07) is 18.9. The normalized spacial score (nSPS) is 10.7. The molecular formula is C39H28BrF4N5O6S3. The Hall–Kier alpha value is -5.89. The minimum absolute atomic E-state index is 0.0554. The number of rotatable bonds is 13. The molecule has 0 saturated heterocycles. The highest BCUT2D eigenvalue weighted by Gasteiger charge is 2.22. The topological polar surface area (TPSA) is 162 Å². The number of halogens is 5. The SMILES string of the molecule is COc1ccc(-c2nc(COc3ccc(F)c(C(N)=O)c3F)sc2-c2cscn2)cc1.COc1ccc(-c2nc(COc3ccc(F)c(C(N)=O)c3F)sc2Br)cc1. The Morgan fingerprint density at radius 2 is 1.14 bits per heavy atom. The zero-order valence-electron chi connectivity index (χ0n) is 30.1. The van der Waals surface area contributed by atoms with Gasteiger partial charge in [-0.25, -0.2) is 32.5 Å². The van der Waals surface area contributed by atoms with E-state index in [9.17, 15) is 27.2 Å². The molecular weight excluding hydrogens is 887 g/mol. The van der Waals surface area contributed by atoms with Crippen LogP contribution in [0.4, 0.5) is 17.6 Å². The predicted molar refractivity (Wildman–Crippen MR) is 215 cm³/mol. The lowest BCUT2D eigenvalue weighted by Crippen LogP contribution is -2.16. The van der Waals surface area contributed by atoms with Gasteiger partial charge in [0, 0.05) is 16.5 Å². The first kappa shape index (κ1) is 41.7. The fourth-order valence-corrected chi connectivity index (χ4v) is 8.41. The molecule has 58 heavy (non-hydrogen) atoms. The molecule has 0 unspecified atom stereocenters. The number of nitrogens with two attached hydrogens (primary N) is 2. The smallest absolute Gasteiger partial charge is 0.254 e. The summed E-state index contributed by atoms with van der Waals surface area (Å²) in [5.74, 6) is -5.87. The van der Waals surface area contributed by atoms with Gasteiger partial charge in [0.1, 0.15) is 57.5 Å². The maximum atomic E-state index is 14.4. The van der Waals surface area contributed by atoms with E-state index >= 15 is 0 Å². The lowest BCUT2D eigenvalue weighted by atomic mass is 10.1. The highest BCUT2D eigenvalue weighted by atomic mass is 79.9. The predicted octanol–water partition coefficient (Wildman–Crippen LogP) is 9.44. The van der Waals surface area contributed by atoms with Crippen molar-refractivity contribution in [1.82, 2.24) is 15.0 Å². The number of amides is 2. The van der Waals surface area contributed by atoms with Crippen molar-refractivity contribution in [3.05, 3.63) is 132 Å². The summed E-state index contributed by atoms with van der Waals surface area (Å²) in [6.45, 7) is -0.140. The van der Waals surface area contributed by atoms with E-state index in [0.717, 1.165) is 61.2 Å². The van der Waals surface area contributed by atoms with Crippen LogP contribution in [0.5, 0.6) is 23.0 Å². The summed E-state index contributed by atoms with van der Waals surface area (Å²) in [5, 5.41) is 3.03. The molecule has 0 radical (unpaired) electrons. The molecule has 0 aliphatic carbocycles. The average molecular weight is 915 g/mol. The van der Waals surface area contributed by atoms with Crippen molar-refractivity contribution in [3.63, 3.8) is 0 Å². The number of hydrogen-bond donors (Lipinski definition) is 2. The first-order chi connectivity index (χ1) is 27.9. The second-order valence-corrected chi connectivity index (χ2v) is 15.8. The van der Waals surface area contributed by atoms with Crippen molar-refractivity contribution >= 4 is 61.8 Å². The molecule has 19 heteroatoms. The van der Waals surface area contributed by atoms with Crippen molar-refractivity contribution in [2.75, 3.05) is 14.2 Å². The number of primary amides is 2. The Balaban J connectivity index is 0.000000198. The summed E-state index contributed by atoms with van der Waals surface area (Å²) in [6.07, 6.45) is 0. The molecule has 0 saturated carbocycles. The van der Waals surface area contributed by atoms with E-state index in [4.69, 9.17) is 30.4 Å². The maximum Gasteiger partial charge on any atom is 0.254 e. The molecule has 0 atom stereocenters. The summed E-state index contributed by atoms with van der Waals surface area (Å²) in [7, 11) is 3.17. The maximum absolute atomic E-state index is 14.4. The van der Waals surface area contributed by atoms with Crippen LogP contribution in [0.25, 0.3) is 33.1 Å². The van der Waals surface area contributed by atoms with E-state index in [1.807, 2.05) is 53.9 Å². The van der Waals surface area contributed by atoms with Crippen molar-refractivity contribution in [2.24, 2.45) is 11.5 Å². The zero-order valence-corrected chi connectivity index (χ0v) is 34.1. The van der Waals surface area contributed by atoms with Crippen molar-refractivity contribution in [1.29, 1.82) is 0 Å². The molecule has 3 heterocycles. The molecule has 0 bridgehead atoms. The van der Waals surface area contributed by atoms with Crippen molar-refractivity contribution in [3.8, 4) is 56.1 Å². The molecule has 3 aromatic heterocycles. The highest BCUT2D eigenvalue weighted by molar-refractivity contribution is 9.11. The lowest BCUT2D eigenvalue weighted by molar-refractivity contribution is 0.0982. The summed E-state index contributed by atoms with van der Waals surface area (Å²) in [4.78, 5) is 36.8. The Bertz CT molecular complexity index is 2570. The monoisotopic (exact) mass is 913 g/mol.